The number of para-hydroxylation sites is 1. The van der Waals surface area contributed by atoms with Crippen LogP contribution in [0.2, 0.25) is 0 Å². The van der Waals surface area contributed by atoms with E-state index in [-0.39, 0.29) is 12.4 Å². The van der Waals surface area contributed by atoms with Crippen molar-refractivity contribution in [1.82, 2.24) is 0 Å². The molecule has 1 aliphatic heterocycles. The molecule has 0 saturated heterocycles. The van der Waals surface area contributed by atoms with Gasteiger partial charge in [-0.15, -0.1) is 0 Å². The minimum Gasteiger partial charge on any atom is -0.493 e. The minimum atomic E-state index is -0.0387. The highest BCUT2D eigenvalue weighted by atomic mass is 16.5. The summed E-state index contributed by atoms with van der Waals surface area (Å²) in [5.41, 5.74) is 0.871. The van der Waals surface area contributed by atoms with Gasteiger partial charge >= 0.3 is 0 Å². The van der Waals surface area contributed by atoms with Crippen LogP contribution in [0.25, 0.3) is 6.08 Å². The Bertz CT molecular complexity index is 394. The zero-order valence-corrected chi connectivity index (χ0v) is 7.82. The largest absolute Gasteiger partial charge is 0.493 e. The van der Waals surface area contributed by atoms with Crippen molar-refractivity contribution in [3.05, 3.63) is 29.8 Å². The Morgan fingerprint density at radius 1 is 1.36 bits per heavy atom. The molecular formula is C11H10O3. The van der Waals surface area contributed by atoms with Gasteiger partial charge in [0.25, 0.3) is 0 Å². The first-order valence-corrected chi connectivity index (χ1v) is 4.32. The first-order valence-electron chi connectivity index (χ1n) is 4.32. The van der Waals surface area contributed by atoms with E-state index < -0.39 is 0 Å². The van der Waals surface area contributed by atoms with Gasteiger partial charge in [-0.1, -0.05) is 12.1 Å². The molecule has 1 aromatic carbocycles. The van der Waals surface area contributed by atoms with Gasteiger partial charge in [0.2, 0.25) is 0 Å². The number of hydrogen-bond donors (Lipinski definition) is 0. The van der Waals surface area contributed by atoms with E-state index in [4.69, 9.17) is 9.47 Å². The first kappa shape index (κ1) is 8.81. The molecule has 1 aliphatic rings. The third-order valence-electron chi connectivity index (χ3n) is 2.04. The van der Waals surface area contributed by atoms with Crippen LogP contribution in [0.15, 0.2) is 24.3 Å². The summed E-state index contributed by atoms with van der Waals surface area (Å²) in [5, 5.41) is 0. The number of carbonyl (C=O) groups excluding carboxylic acids is 1. The summed E-state index contributed by atoms with van der Waals surface area (Å²) in [5.74, 6) is 1.25. The monoisotopic (exact) mass is 190 g/mol. The van der Waals surface area contributed by atoms with E-state index in [1.165, 1.54) is 6.08 Å². The Balaban J connectivity index is 2.49. The Labute approximate surface area is 81.9 Å². The number of carbonyl (C=O) groups is 1. The quantitative estimate of drug-likeness (QED) is 0.675. The molecule has 0 atom stereocenters. The molecule has 0 bridgehead atoms. The summed E-state index contributed by atoms with van der Waals surface area (Å²) in [6.45, 7) is 0.0733. The lowest BCUT2D eigenvalue weighted by molar-refractivity contribution is -0.116. The summed E-state index contributed by atoms with van der Waals surface area (Å²) in [6, 6.07) is 5.55. The molecule has 3 nitrogen and oxygen atoms in total. The van der Waals surface area contributed by atoms with E-state index in [9.17, 15) is 4.79 Å². The lowest BCUT2D eigenvalue weighted by atomic mass is 10.1. The molecule has 3 heteroatoms. The van der Waals surface area contributed by atoms with E-state index >= 15 is 0 Å². The summed E-state index contributed by atoms with van der Waals surface area (Å²) >= 11 is 0. The van der Waals surface area contributed by atoms with Crippen molar-refractivity contribution in [3.8, 4) is 11.5 Å². The molecule has 0 aliphatic carbocycles. The minimum absolute atomic E-state index is 0.0387. The second kappa shape index (κ2) is 3.54. The second-order valence-corrected chi connectivity index (χ2v) is 2.97. The molecule has 0 unspecified atom stereocenters. The Morgan fingerprint density at radius 2 is 2.21 bits per heavy atom. The average Bonchev–Trinajstić information content (AvgIpc) is 2.41. The van der Waals surface area contributed by atoms with Crippen LogP contribution >= 0.6 is 0 Å². The van der Waals surface area contributed by atoms with Crippen molar-refractivity contribution < 1.29 is 14.3 Å². The van der Waals surface area contributed by atoms with Gasteiger partial charge in [-0.05, 0) is 18.2 Å². The molecule has 0 saturated carbocycles. The number of ether oxygens (including phenoxy) is 2. The fourth-order valence-corrected chi connectivity index (χ4v) is 1.35. The molecule has 0 fully saturated rings. The maximum atomic E-state index is 11.1. The van der Waals surface area contributed by atoms with Crippen LogP contribution in [-0.2, 0) is 4.79 Å². The van der Waals surface area contributed by atoms with E-state index in [1.54, 1.807) is 13.2 Å². The van der Waals surface area contributed by atoms with Crippen molar-refractivity contribution in [2.75, 3.05) is 13.7 Å². The Kier molecular flexibility index (Phi) is 2.23. The van der Waals surface area contributed by atoms with Gasteiger partial charge in [0, 0.05) is 5.56 Å². The number of rotatable bonds is 1. The predicted octanol–water partition coefficient (Wildman–Crippen LogP) is 1.67. The van der Waals surface area contributed by atoms with E-state index in [1.807, 2.05) is 18.2 Å². The first-order chi connectivity index (χ1) is 6.81. The topological polar surface area (TPSA) is 35.5 Å². The van der Waals surface area contributed by atoms with Gasteiger partial charge in [0.15, 0.2) is 23.9 Å². The van der Waals surface area contributed by atoms with Crippen LogP contribution in [0.4, 0.5) is 0 Å². The highest BCUT2D eigenvalue weighted by Gasteiger charge is 2.13. The molecule has 72 valence electrons. The molecule has 0 radical (unpaired) electrons. The maximum absolute atomic E-state index is 11.1. The Hall–Kier alpha value is -1.77. The normalized spacial score (nSPS) is 14.2. The van der Waals surface area contributed by atoms with Gasteiger partial charge in [0.1, 0.15) is 0 Å². The molecular weight excluding hydrogens is 180 g/mol. The number of fused-ring (bicyclic) bond motifs is 1. The van der Waals surface area contributed by atoms with Crippen molar-refractivity contribution >= 4 is 11.9 Å². The van der Waals surface area contributed by atoms with Gasteiger partial charge in [-0.25, -0.2) is 0 Å². The lowest BCUT2D eigenvalue weighted by Crippen LogP contribution is -2.07. The smallest absolute Gasteiger partial charge is 0.193 e. The molecule has 14 heavy (non-hydrogen) atoms. The maximum Gasteiger partial charge on any atom is 0.193 e. The molecule has 2 rings (SSSR count). The third kappa shape index (κ3) is 1.48. The van der Waals surface area contributed by atoms with Crippen LogP contribution in [0, 0.1) is 0 Å². The highest BCUT2D eigenvalue weighted by Crippen LogP contribution is 2.32. The van der Waals surface area contributed by atoms with Crippen molar-refractivity contribution in [2.24, 2.45) is 0 Å². The summed E-state index contributed by atoms with van der Waals surface area (Å²) in [7, 11) is 1.58. The van der Waals surface area contributed by atoms with Crippen molar-refractivity contribution in [3.63, 3.8) is 0 Å². The standard InChI is InChI=1S/C11H10O3/c1-13-10-4-2-3-8-5-6-9(12)7-14-11(8)10/h2-6H,7H2,1H3. The number of benzene rings is 1. The zero-order valence-electron chi connectivity index (χ0n) is 7.82. The van der Waals surface area contributed by atoms with Gasteiger partial charge < -0.3 is 9.47 Å². The van der Waals surface area contributed by atoms with Gasteiger partial charge in [-0.3, -0.25) is 4.79 Å². The Morgan fingerprint density at radius 3 is 3.00 bits per heavy atom. The predicted molar refractivity (Wildman–Crippen MR) is 52.5 cm³/mol. The molecule has 0 aromatic heterocycles. The van der Waals surface area contributed by atoms with Gasteiger partial charge in [-0.2, -0.15) is 0 Å². The fraction of sp³-hybridized carbons (Fsp3) is 0.182. The summed E-state index contributed by atoms with van der Waals surface area (Å²) < 4.78 is 10.5. The molecule has 1 heterocycles. The SMILES string of the molecule is COc1cccc2c1OCC(=O)C=C2. The van der Waals surface area contributed by atoms with Crippen LogP contribution < -0.4 is 9.47 Å². The number of methoxy groups -OCH3 is 1. The van der Waals surface area contributed by atoms with Crippen molar-refractivity contribution in [2.45, 2.75) is 0 Å². The number of ketones is 1. The number of hydrogen-bond acceptors (Lipinski definition) is 3. The molecule has 1 aromatic rings. The zero-order chi connectivity index (χ0) is 9.97. The molecule has 0 spiro atoms. The van der Waals surface area contributed by atoms with Crippen LogP contribution in [0.1, 0.15) is 5.56 Å². The fourth-order valence-electron chi connectivity index (χ4n) is 1.35. The third-order valence-corrected chi connectivity index (χ3v) is 2.04. The van der Waals surface area contributed by atoms with E-state index in [0.29, 0.717) is 11.5 Å². The lowest BCUT2D eigenvalue weighted by Gasteiger charge is -2.10. The average molecular weight is 190 g/mol. The van der Waals surface area contributed by atoms with Gasteiger partial charge in [0.05, 0.1) is 7.11 Å². The molecule has 0 N–H and O–H groups in total. The second-order valence-electron chi connectivity index (χ2n) is 2.97. The van der Waals surface area contributed by atoms with Crippen LogP contribution in [-0.4, -0.2) is 19.5 Å². The van der Waals surface area contributed by atoms with E-state index in [2.05, 4.69) is 0 Å². The van der Waals surface area contributed by atoms with Crippen molar-refractivity contribution in [1.29, 1.82) is 0 Å². The highest BCUT2D eigenvalue weighted by molar-refractivity contribution is 5.96. The summed E-state index contributed by atoms with van der Waals surface area (Å²) in [4.78, 5) is 11.1. The van der Waals surface area contributed by atoms with E-state index in [0.717, 1.165) is 5.56 Å². The molecule has 0 amide bonds. The summed E-state index contributed by atoms with van der Waals surface area (Å²) in [6.07, 6.45) is 3.26. The van der Waals surface area contributed by atoms with Crippen LogP contribution in [0.5, 0.6) is 11.5 Å². The van der Waals surface area contributed by atoms with Crippen LogP contribution in [0.3, 0.4) is 0 Å².